The van der Waals surface area contributed by atoms with Crippen LogP contribution in [0.5, 0.6) is 0 Å². The van der Waals surface area contributed by atoms with Crippen LogP contribution in [0.4, 0.5) is 11.4 Å². The Morgan fingerprint density at radius 2 is 2.00 bits per heavy atom. The molecule has 1 aliphatic carbocycles. The van der Waals surface area contributed by atoms with Crippen LogP contribution in [0.15, 0.2) is 42.5 Å². The van der Waals surface area contributed by atoms with Gasteiger partial charge in [0.15, 0.2) is 5.82 Å². The van der Waals surface area contributed by atoms with Crippen LogP contribution >= 0.6 is 0 Å². The predicted octanol–water partition coefficient (Wildman–Crippen LogP) is 3.34. The van der Waals surface area contributed by atoms with Gasteiger partial charge in [0, 0.05) is 16.9 Å². The minimum Gasteiger partial charge on any atom is -0.376 e. The number of rotatable bonds is 6. The summed E-state index contributed by atoms with van der Waals surface area (Å²) < 4.78 is 1.88. The highest BCUT2D eigenvalue weighted by Gasteiger charge is 2.28. The number of hydrogen-bond donors (Lipinski definition) is 2. The number of carbonyl (C=O) groups is 1. The van der Waals surface area contributed by atoms with Gasteiger partial charge in [0.2, 0.25) is 5.91 Å². The van der Waals surface area contributed by atoms with Gasteiger partial charge >= 0.3 is 0 Å². The fraction of sp³-hybridized carbons (Fsp3) is 0.300. The second-order valence-corrected chi connectivity index (χ2v) is 6.91. The zero-order valence-corrected chi connectivity index (χ0v) is 15.4. The van der Waals surface area contributed by atoms with Crippen LogP contribution in [0.1, 0.15) is 30.0 Å². The van der Waals surface area contributed by atoms with Gasteiger partial charge in [-0.1, -0.05) is 24.3 Å². The molecule has 2 aromatic carbocycles. The molecule has 1 aromatic heterocycles. The molecular weight excluding hydrogens is 340 g/mol. The van der Waals surface area contributed by atoms with E-state index in [-0.39, 0.29) is 12.5 Å². The molecule has 0 saturated heterocycles. The summed E-state index contributed by atoms with van der Waals surface area (Å²) in [4.78, 5) is 12.3. The Balaban J connectivity index is 1.42. The lowest BCUT2D eigenvalue weighted by Crippen LogP contribution is -2.22. The van der Waals surface area contributed by atoms with Crippen LogP contribution in [0, 0.1) is 13.8 Å². The fourth-order valence-corrected chi connectivity index (χ4v) is 2.98. The molecule has 0 spiro atoms. The number of anilines is 2. The first-order valence-corrected chi connectivity index (χ1v) is 9.10. The topological polar surface area (TPSA) is 84.7 Å². The molecule has 4 rings (SSSR count). The van der Waals surface area contributed by atoms with Gasteiger partial charge in [0.05, 0.1) is 12.6 Å². The Labute approximate surface area is 157 Å². The molecule has 3 aromatic rings. The summed E-state index contributed by atoms with van der Waals surface area (Å²) in [5.41, 5.74) is 4.88. The average Bonchev–Trinajstić information content (AvgIpc) is 3.40. The van der Waals surface area contributed by atoms with Gasteiger partial charge in [-0.2, -0.15) is 0 Å². The van der Waals surface area contributed by atoms with E-state index in [9.17, 15) is 4.79 Å². The number of hydrogen-bond acceptors (Lipinski definition) is 5. The number of amides is 1. The van der Waals surface area contributed by atoms with Crippen molar-refractivity contribution in [2.75, 3.05) is 17.2 Å². The molecule has 0 aliphatic heterocycles. The zero-order valence-electron chi connectivity index (χ0n) is 15.4. The summed E-state index contributed by atoms with van der Waals surface area (Å²) >= 11 is 0. The summed E-state index contributed by atoms with van der Waals surface area (Å²) in [7, 11) is 0. The Bertz CT molecular complexity index is 976. The third-order valence-corrected chi connectivity index (χ3v) is 4.84. The molecule has 1 saturated carbocycles. The normalized spacial score (nSPS) is 13.4. The molecular formula is C20H22N6O. The maximum Gasteiger partial charge on any atom is 0.243 e. The summed E-state index contributed by atoms with van der Waals surface area (Å²) in [6.45, 7) is 4.22. The Morgan fingerprint density at radius 1 is 1.19 bits per heavy atom. The van der Waals surface area contributed by atoms with Crippen molar-refractivity contribution >= 4 is 17.3 Å². The third kappa shape index (κ3) is 3.81. The van der Waals surface area contributed by atoms with Crippen LogP contribution in [-0.2, 0) is 4.79 Å². The zero-order chi connectivity index (χ0) is 18.8. The summed E-state index contributed by atoms with van der Waals surface area (Å²) in [5.74, 6) is 0.679. The SMILES string of the molecule is Cc1cccc(NC(=O)CNc2cccc(-c3nnnn3C3CC3)c2)c1C. The molecule has 27 heavy (non-hydrogen) atoms. The molecule has 138 valence electrons. The summed E-state index contributed by atoms with van der Waals surface area (Å²) in [6, 6.07) is 14.1. The minimum atomic E-state index is -0.0862. The van der Waals surface area contributed by atoms with Crippen LogP contribution < -0.4 is 10.6 Å². The van der Waals surface area contributed by atoms with Crippen LogP contribution in [-0.4, -0.2) is 32.7 Å². The molecule has 0 atom stereocenters. The maximum atomic E-state index is 12.3. The lowest BCUT2D eigenvalue weighted by atomic mass is 10.1. The number of carbonyl (C=O) groups excluding carboxylic acids is 1. The largest absolute Gasteiger partial charge is 0.376 e. The van der Waals surface area contributed by atoms with Crippen molar-refractivity contribution in [2.45, 2.75) is 32.7 Å². The molecule has 1 fully saturated rings. The predicted molar refractivity (Wildman–Crippen MR) is 105 cm³/mol. The van der Waals surface area contributed by atoms with Crippen molar-refractivity contribution in [3.05, 3.63) is 53.6 Å². The van der Waals surface area contributed by atoms with Gasteiger partial charge in [-0.15, -0.1) is 5.10 Å². The van der Waals surface area contributed by atoms with Crippen LogP contribution in [0.25, 0.3) is 11.4 Å². The quantitative estimate of drug-likeness (QED) is 0.702. The van der Waals surface area contributed by atoms with Crippen molar-refractivity contribution in [1.82, 2.24) is 20.2 Å². The molecule has 0 unspecified atom stereocenters. The second kappa shape index (κ2) is 7.19. The lowest BCUT2D eigenvalue weighted by Gasteiger charge is -2.12. The van der Waals surface area contributed by atoms with Crippen molar-refractivity contribution in [2.24, 2.45) is 0 Å². The van der Waals surface area contributed by atoms with Crippen LogP contribution in [0.2, 0.25) is 0 Å². The standard InChI is InChI=1S/C20H22N6O/c1-13-5-3-8-18(14(13)2)22-19(27)12-21-16-7-4-6-15(11-16)20-23-24-25-26(20)17-9-10-17/h3-8,11,17,21H,9-10,12H2,1-2H3,(H,22,27). The van der Waals surface area contributed by atoms with Gasteiger partial charge in [-0.05, 0) is 66.4 Å². The van der Waals surface area contributed by atoms with E-state index < -0.39 is 0 Å². The minimum absolute atomic E-state index is 0.0862. The smallest absolute Gasteiger partial charge is 0.243 e. The first-order valence-electron chi connectivity index (χ1n) is 9.10. The Morgan fingerprint density at radius 3 is 2.81 bits per heavy atom. The average molecular weight is 362 g/mol. The van der Waals surface area contributed by atoms with Crippen LogP contribution in [0.3, 0.4) is 0 Å². The van der Waals surface area contributed by atoms with Gasteiger partial charge in [0.1, 0.15) is 0 Å². The first kappa shape index (κ1) is 17.2. The molecule has 7 heteroatoms. The van der Waals surface area contributed by atoms with E-state index in [1.807, 2.05) is 61.0 Å². The first-order chi connectivity index (χ1) is 13.1. The molecule has 0 radical (unpaired) electrons. The molecule has 1 aliphatic rings. The van der Waals surface area contributed by atoms with Crippen molar-refractivity contribution in [1.29, 1.82) is 0 Å². The number of tetrazole rings is 1. The maximum absolute atomic E-state index is 12.3. The number of aromatic nitrogens is 4. The number of nitrogens with one attached hydrogen (secondary N) is 2. The van der Waals surface area contributed by atoms with E-state index in [0.29, 0.717) is 6.04 Å². The van der Waals surface area contributed by atoms with Crippen molar-refractivity contribution in [3.63, 3.8) is 0 Å². The van der Waals surface area contributed by atoms with E-state index in [4.69, 9.17) is 0 Å². The monoisotopic (exact) mass is 362 g/mol. The van der Waals surface area contributed by atoms with E-state index >= 15 is 0 Å². The lowest BCUT2D eigenvalue weighted by molar-refractivity contribution is -0.114. The highest BCUT2D eigenvalue weighted by molar-refractivity contribution is 5.94. The van der Waals surface area contributed by atoms with Gasteiger partial charge in [-0.3, -0.25) is 4.79 Å². The van der Waals surface area contributed by atoms with E-state index in [0.717, 1.165) is 46.7 Å². The Kier molecular flexibility index (Phi) is 4.58. The molecule has 2 N–H and O–H groups in total. The fourth-order valence-electron chi connectivity index (χ4n) is 2.98. The van der Waals surface area contributed by atoms with Crippen molar-refractivity contribution in [3.8, 4) is 11.4 Å². The number of nitrogens with zero attached hydrogens (tertiary/aromatic N) is 4. The molecule has 1 amide bonds. The van der Waals surface area contributed by atoms with E-state index in [1.54, 1.807) is 0 Å². The molecule has 1 heterocycles. The number of aryl methyl sites for hydroxylation is 1. The highest BCUT2D eigenvalue weighted by atomic mass is 16.1. The summed E-state index contributed by atoms with van der Waals surface area (Å²) in [5, 5.41) is 18.2. The molecule has 7 nitrogen and oxygen atoms in total. The highest BCUT2D eigenvalue weighted by Crippen LogP contribution is 2.36. The second-order valence-electron chi connectivity index (χ2n) is 6.91. The van der Waals surface area contributed by atoms with E-state index in [2.05, 4.69) is 26.2 Å². The summed E-state index contributed by atoms with van der Waals surface area (Å²) in [6.07, 6.45) is 2.24. The van der Waals surface area contributed by atoms with Gasteiger partial charge in [-0.25, -0.2) is 4.68 Å². The van der Waals surface area contributed by atoms with Gasteiger partial charge in [0.25, 0.3) is 0 Å². The number of benzene rings is 2. The Hall–Kier alpha value is -3.22. The third-order valence-electron chi connectivity index (χ3n) is 4.84. The van der Waals surface area contributed by atoms with E-state index in [1.165, 1.54) is 0 Å². The van der Waals surface area contributed by atoms with Gasteiger partial charge < -0.3 is 10.6 Å². The molecule has 0 bridgehead atoms. The van der Waals surface area contributed by atoms with Crippen molar-refractivity contribution < 1.29 is 4.79 Å².